The second kappa shape index (κ2) is 7.85. The van der Waals surface area contributed by atoms with Crippen molar-refractivity contribution in [3.63, 3.8) is 0 Å². The highest BCUT2D eigenvalue weighted by Crippen LogP contribution is 2.31. The van der Waals surface area contributed by atoms with Gasteiger partial charge in [0.1, 0.15) is 17.2 Å². The van der Waals surface area contributed by atoms with E-state index < -0.39 is 0 Å². The predicted octanol–water partition coefficient (Wildman–Crippen LogP) is 5.35. The lowest BCUT2D eigenvalue weighted by molar-refractivity contribution is 0.396. The molecule has 136 valence electrons. The molecule has 0 saturated heterocycles. The fraction of sp³-hybridized carbons (Fsp3) is 0.105. The molecular weight excluding hydrogens is 386 g/mol. The maximum Gasteiger partial charge on any atom is 0.277 e. The van der Waals surface area contributed by atoms with Crippen LogP contribution >= 0.6 is 23.4 Å². The molecule has 0 spiro atoms. The summed E-state index contributed by atoms with van der Waals surface area (Å²) in [5.74, 6) is 2.32. The van der Waals surface area contributed by atoms with Crippen molar-refractivity contribution in [2.45, 2.75) is 11.0 Å². The van der Waals surface area contributed by atoms with Gasteiger partial charge < -0.3 is 13.7 Å². The van der Waals surface area contributed by atoms with Crippen molar-refractivity contribution in [2.24, 2.45) is 0 Å². The second-order valence-corrected chi connectivity index (χ2v) is 6.91. The third kappa shape index (κ3) is 3.99. The monoisotopic (exact) mass is 399 g/mol. The Morgan fingerprint density at radius 2 is 1.89 bits per heavy atom. The van der Waals surface area contributed by atoms with Gasteiger partial charge in [0.2, 0.25) is 0 Å². The van der Waals surface area contributed by atoms with E-state index in [-0.39, 0.29) is 0 Å². The minimum atomic E-state index is 0.411. The second-order valence-electron chi connectivity index (χ2n) is 5.55. The minimum Gasteiger partial charge on any atom is -0.496 e. The summed E-state index contributed by atoms with van der Waals surface area (Å²) >= 11 is 7.29. The van der Waals surface area contributed by atoms with E-state index in [9.17, 15) is 0 Å². The fourth-order valence-corrected chi connectivity index (χ4v) is 3.23. The molecule has 0 aliphatic rings. The SMILES string of the molecule is COc1ccccc1-c1nnc(SCc2cc(-c3ccc(Cl)cc3)no2)o1. The molecule has 4 rings (SSSR count). The summed E-state index contributed by atoms with van der Waals surface area (Å²) in [6, 6.07) is 16.8. The van der Waals surface area contributed by atoms with E-state index in [0.717, 1.165) is 16.8 Å². The number of halogens is 1. The standard InChI is InChI=1S/C19H14ClN3O3S/c1-24-17-5-3-2-4-15(17)18-21-22-19(25-18)27-11-14-10-16(23-26-14)12-6-8-13(20)9-7-12/h2-10H,11H2,1H3. The molecule has 0 unspecified atom stereocenters. The quantitative estimate of drug-likeness (QED) is 0.405. The predicted molar refractivity (Wildman–Crippen MR) is 103 cm³/mol. The first-order valence-electron chi connectivity index (χ1n) is 8.04. The van der Waals surface area contributed by atoms with Crippen LogP contribution in [-0.4, -0.2) is 22.5 Å². The molecule has 6 nitrogen and oxygen atoms in total. The molecular formula is C19H14ClN3O3S. The normalized spacial score (nSPS) is 10.9. The number of hydrogen-bond donors (Lipinski definition) is 0. The van der Waals surface area contributed by atoms with Gasteiger partial charge in [-0.05, 0) is 24.3 Å². The molecule has 2 aromatic heterocycles. The van der Waals surface area contributed by atoms with Gasteiger partial charge in [-0.3, -0.25) is 0 Å². The number of aromatic nitrogens is 3. The molecule has 0 bridgehead atoms. The summed E-state index contributed by atoms with van der Waals surface area (Å²) in [7, 11) is 1.60. The zero-order chi connectivity index (χ0) is 18.6. The molecule has 0 amide bonds. The van der Waals surface area contributed by atoms with Crippen LogP contribution in [-0.2, 0) is 5.75 Å². The van der Waals surface area contributed by atoms with Gasteiger partial charge in [-0.25, -0.2) is 0 Å². The number of hydrogen-bond acceptors (Lipinski definition) is 7. The van der Waals surface area contributed by atoms with E-state index >= 15 is 0 Å². The van der Waals surface area contributed by atoms with Gasteiger partial charge in [0.15, 0.2) is 0 Å². The van der Waals surface area contributed by atoms with Crippen LogP contribution in [0.4, 0.5) is 0 Å². The molecule has 0 fully saturated rings. The highest BCUT2D eigenvalue weighted by atomic mass is 35.5. The number of benzene rings is 2. The average molecular weight is 400 g/mol. The van der Waals surface area contributed by atoms with Crippen LogP contribution in [0.5, 0.6) is 5.75 Å². The Balaban J connectivity index is 1.44. The van der Waals surface area contributed by atoms with E-state index in [4.69, 9.17) is 25.3 Å². The van der Waals surface area contributed by atoms with Crippen LogP contribution in [0.3, 0.4) is 0 Å². The van der Waals surface area contributed by atoms with Crippen molar-refractivity contribution in [2.75, 3.05) is 7.11 Å². The Morgan fingerprint density at radius 3 is 2.70 bits per heavy atom. The smallest absolute Gasteiger partial charge is 0.277 e. The lowest BCUT2D eigenvalue weighted by Gasteiger charge is -2.03. The van der Waals surface area contributed by atoms with Crippen molar-refractivity contribution >= 4 is 23.4 Å². The van der Waals surface area contributed by atoms with Crippen LogP contribution in [0.1, 0.15) is 5.76 Å². The van der Waals surface area contributed by atoms with Gasteiger partial charge in [0.25, 0.3) is 11.1 Å². The van der Waals surface area contributed by atoms with Crippen LogP contribution in [0, 0.1) is 0 Å². The molecule has 0 saturated carbocycles. The lowest BCUT2D eigenvalue weighted by atomic mass is 10.1. The maximum atomic E-state index is 5.91. The average Bonchev–Trinajstić information content (AvgIpc) is 3.36. The Hall–Kier alpha value is -2.77. The molecule has 2 aromatic carbocycles. The van der Waals surface area contributed by atoms with Crippen LogP contribution < -0.4 is 4.74 Å². The topological polar surface area (TPSA) is 74.2 Å². The molecule has 2 heterocycles. The Labute approximate surface area is 164 Å². The van der Waals surface area contributed by atoms with Crippen LogP contribution in [0.2, 0.25) is 5.02 Å². The summed E-state index contributed by atoms with van der Waals surface area (Å²) in [6.07, 6.45) is 0. The number of para-hydroxylation sites is 1. The first kappa shape index (κ1) is 17.6. The first-order valence-corrected chi connectivity index (χ1v) is 9.40. The van der Waals surface area contributed by atoms with E-state index in [1.807, 2.05) is 54.6 Å². The van der Waals surface area contributed by atoms with Crippen LogP contribution in [0.15, 0.2) is 68.8 Å². The van der Waals surface area contributed by atoms with Crippen LogP contribution in [0.25, 0.3) is 22.7 Å². The van der Waals surface area contributed by atoms with Gasteiger partial charge in [0, 0.05) is 16.7 Å². The third-order valence-corrected chi connectivity index (χ3v) is 4.87. The van der Waals surface area contributed by atoms with E-state index in [1.165, 1.54) is 11.8 Å². The zero-order valence-electron chi connectivity index (χ0n) is 14.3. The summed E-state index contributed by atoms with van der Waals surface area (Å²) < 4.78 is 16.4. The Bertz CT molecular complexity index is 1050. The molecule has 4 aromatic rings. The van der Waals surface area contributed by atoms with Crippen molar-refractivity contribution < 1.29 is 13.7 Å². The van der Waals surface area contributed by atoms with Gasteiger partial charge >= 0.3 is 0 Å². The summed E-state index contributed by atoms with van der Waals surface area (Å²) in [6.45, 7) is 0. The number of ether oxygens (including phenoxy) is 1. The first-order chi connectivity index (χ1) is 13.2. The number of rotatable bonds is 6. The van der Waals surface area contributed by atoms with Gasteiger partial charge in [-0.15, -0.1) is 10.2 Å². The number of thioether (sulfide) groups is 1. The van der Waals surface area contributed by atoms with Crippen molar-refractivity contribution in [1.29, 1.82) is 0 Å². The van der Waals surface area contributed by atoms with E-state index in [0.29, 0.717) is 33.4 Å². The highest BCUT2D eigenvalue weighted by molar-refractivity contribution is 7.98. The molecule has 0 N–H and O–H groups in total. The maximum absolute atomic E-state index is 5.91. The summed E-state index contributed by atoms with van der Waals surface area (Å²) in [5, 5.41) is 13.4. The Morgan fingerprint density at radius 1 is 1.07 bits per heavy atom. The Kier molecular flexibility index (Phi) is 5.13. The van der Waals surface area contributed by atoms with Crippen molar-refractivity contribution in [3.05, 3.63) is 65.4 Å². The molecule has 0 radical (unpaired) electrons. The van der Waals surface area contributed by atoms with E-state index in [2.05, 4.69) is 15.4 Å². The number of methoxy groups -OCH3 is 1. The fourth-order valence-electron chi connectivity index (χ4n) is 2.47. The largest absolute Gasteiger partial charge is 0.496 e. The molecule has 0 aliphatic carbocycles. The third-order valence-electron chi connectivity index (χ3n) is 3.78. The summed E-state index contributed by atoms with van der Waals surface area (Å²) in [5.41, 5.74) is 2.45. The minimum absolute atomic E-state index is 0.411. The van der Waals surface area contributed by atoms with Crippen molar-refractivity contribution in [3.8, 4) is 28.5 Å². The van der Waals surface area contributed by atoms with Gasteiger partial charge in [0.05, 0.1) is 18.4 Å². The molecule has 0 aliphatic heterocycles. The molecule has 8 heteroatoms. The zero-order valence-corrected chi connectivity index (χ0v) is 15.8. The van der Waals surface area contributed by atoms with Gasteiger partial charge in [-0.1, -0.05) is 52.8 Å². The summed E-state index contributed by atoms with van der Waals surface area (Å²) in [4.78, 5) is 0. The highest BCUT2D eigenvalue weighted by Gasteiger charge is 2.14. The van der Waals surface area contributed by atoms with Gasteiger partial charge in [-0.2, -0.15) is 0 Å². The molecule has 0 atom stereocenters. The van der Waals surface area contributed by atoms with Crippen molar-refractivity contribution in [1.82, 2.24) is 15.4 Å². The molecule has 27 heavy (non-hydrogen) atoms. The van der Waals surface area contributed by atoms with E-state index in [1.54, 1.807) is 7.11 Å². The number of nitrogens with zero attached hydrogens (tertiary/aromatic N) is 3. The lowest BCUT2D eigenvalue weighted by Crippen LogP contribution is -1.87.